The molecule has 0 radical (unpaired) electrons. The number of hydrogen-bond acceptors (Lipinski definition) is 2. The summed E-state index contributed by atoms with van der Waals surface area (Å²) in [5.74, 6) is 0. The van der Waals surface area contributed by atoms with E-state index in [9.17, 15) is 0 Å². The number of rotatable bonds is 2. The lowest BCUT2D eigenvalue weighted by Gasteiger charge is -2.18. The smallest absolute Gasteiger partial charge is 0.0724 e. The molecule has 0 aromatic heterocycles. The van der Waals surface area contributed by atoms with E-state index in [4.69, 9.17) is 40.5 Å². The van der Waals surface area contributed by atoms with Gasteiger partial charge in [-0.1, -0.05) is 40.9 Å². The summed E-state index contributed by atoms with van der Waals surface area (Å²) >= 11 is 18.4. The number of nitrogens with one attached hydrogen (secondary N) is 1. The number of aryl methyl sites for hydroxylation is 1. The summed E-state index contributed by atoms with van der Waals surface area (Å²) in [4.78, 5) is 0. The number of hydrogen-bond donors (Lipinski definition) is 2. The molecule has 0 heterocycles. The number of benzene rings is 2. The highest BCUT2D eigenvalue weighted by atomic mass is 35.5. The summed E-state index contributed by atoms with van der Waals surface area (Å²) in [6.07, 6.45) is 1.99. The van der Waals surface area contributed by atoms with E-state index in [0.717, 1.165) is 24.2 Å². The summed E-state index contributed by atoms with van der Waals surface area (Å²) in [6.45, 7) is 0. The van der Waals surface area contributed by atoms with Crippen molar-refractivity contribution in [2.45, 2.75) is 18.9 Å². The summed E-state index contributed by atoms with van der Waals surface area (Å²) in [6, 6.07) is 9.59. The Bertz CT molecular complexity index is 647. The third kappa shape index (κ3) is 2.56. The highest BCUT2D eigenvalue weighted by molar-refractivity contribution is 6.41. The van der Waals surface area contributed by atoms with Crippen LogP contribution in [0, 0.1) is 0 Å². The van der Waals surface area contributed by atoms with Gasteiger partial charge in [0.1, 0.15) is 0 Å². The van der Waals surface area contributed by atoms with E-state index >= 15 is 0 Å². The van der Waals surface area contributed by atoms with Crippen molar-refractivity contribution in [1.29, 1.82) is 0 Å². The van der Waals surface area contributed by atoms with Crippen LogP contribution < -0.4 is 11.1 Å². The van der Waals surface area contributed by atoms with Gasteiger partial charge < -0.3 is 11.1 Å². The monoisotopic (exact) mass is 326 g/mol. The fraction of sp³-hybridized carbons (Fsp3) is 0.200. The first kappa shape index (κ1) is 13.9. The van der Waals surface area contributed by atoms with Gasteiger partial charge >= 0.3 is 0 Å². The number of halogens is 3. The Hall–Kier alpha value is -1.09. The molecular weight excluding hydrogens is 315 g/mol. The molecule has 0 aliphatic heterocycles. The van der Waals surface area contributed by atoms with E-state index in [1.165, 1.54) is 11.1 Å². The Labute approximate surface area is 132 Å². The normalized spacial score (nSPS) is 17.1. The Morgan fingerprint density at radius 1 is 1.05 bits per heavy atom. The second kappa shape index (κ2) is 5.36. The van der Waals surface area contributed by atoms with Gasteiger partial charge in [0.25, 0.3) is 0 Å². The minimum absolute atomic E-state index is 0.196. The van der Waals surface area contributed by atoms with Crippen LogP contribution >= 0.6 is 34.8 Å². The summed E-state index contributed by atoms with van der Waals surface area (Å²) in [7, 11) is 0. The van der Waals surface area contributed by atoms with Gasteiger partial charge in [0.2, 0.25) is 0 Å². The summed E-state index contributed by atoms with van der Waals surface area (Å²) < 4.78 is 0. The molecule has 5 heteroatoms. The number of nitrogen functional groups attached to an aromatic ring is 1. The van der Waals surface area contributed by atoms with Crippen molar-refractivity contribution in [2.75, 3.05) is 11.1 Å². The lowest BCUT2D eigenvalue weighted by atomic mass is 10.1. The molecule has 0 spiro atoms. The first-order valence-corrected chi connectivity index (χ1v) is 7.47. The maximum atomic E-state index is 6.21. The zero-order valence-corrected chi connectivity index (χ0v) is 12.9. The van der Waals surface area contributed by atoms with Crippen LogP contribution in [0.25, 0.3) is 0 Å². The number of anilines is 2. The third-order valence-electron chi connectivity index (χ3n) is 3.57. The number of fused-ring (bicyclic) bond motifs is 1. The molecule has 1 atom stereocenters. The number of nitrogens with two attached hydrogens (primary N) is 1. The summed E-state index contributed by atoms with van der Waals surface area (Å²) in [5.41, 5.74) is 9.88. The highest BCUT2D eigenvalue weighted by Gasteiger charge is 2.23. The second-order valence-electron chi connectivity index (χ2n) is 4.94. The van der Waals surface area contributed by atoms with Crippen LogP contribution in [-0.4, -0.2) is 0 Å². The highest BCUT2D eigenvalue weighted by Crippen LogP contribution is 2.40. The van der Waals surface area contributed by atoms with Crippen molar-refractivity contribution in [1.82, 2.24) is 0 Å². The average Bonchev–Trinajstić information content (AvgIpc) is 2.76. The van der Waals surface area contributed by atoms with E-state index in [1.807, 2.05) is 12.1 Å². The van der Waals surface area contributed by atoms with Gasteiger partial charge in [-0.25, -0.2) is 0 Å². The molecule has 0 fully saturated rings. The Kier molecular flexibility index (Phi) is 3.72. The molecule has 3 N–H and O–H groups in total. The van der Waals surface area contributed by atoms with Gasteiger partial charge in [-0.3, -0.25) is 0 Å². The first-order chi connectivity index (χ1) is 9.54. The van der Waals surface area contributed by atoms with Crippen molar-refractivity contribution in [3.63, 3.8) is 0 Å². The minimum atomic E-state index is 0.196. The molecule has 0 amide bonds. The van der Waals surface area contributed by atoms with Gasteiger partial charge in [0, 0.05) is 10.7 Å². The predicted molar refractivity (Wildman–Crippen MR) is 87.0 cm³/mol. The van der Waals surface area contributed by atoms with Crippen LogP contribution in [-0.2, 0) is 6.42 Å². The molecule has 0 bridgehead atoms. The zero-order chi connectivity index (χ0) is 14.3. The van der Waals surface area contributed by atoms with Crippen LogP contribution in [0.1, 0.15) is 23.6 Å². The zero-order valence-electron chi connectivity index (χ0n) is 10.6. The molecule has 0 saturated heterocycles. The van der Waals surface area contributed by atoms with E-state index in [1.54, 1.807) is 12.1 Å². The molecule has 104 valence electrons. The van der Waals surface area contributed by atoms with Gasteiger partial charge in [0.05, 0.1) is 21.8 Å². The fourth-order valence-corrected chi connectivity index (χ4v) is 3.57. The Morgan fingerprint density at radius 3 is 2.45 bits per heavy atom. The SMILES string of the molecule is Nc1ccc2c(c1)CCC2Nc1c(Cl)cc(Cl)cc1Cl. The first-order valence-electron chi connectivity index (χ1n) is 6.34. The van der Waals surface area contributed by atoms with E-state index < -0.39 is 0 Å². The van der Waals surface area contributed by atoms with Crippen molar-refractivity contribution in [2.24, 2.45) is 0 Å². The molecule has 3 rings (SSSR count). The fourth-order valence-electron chi connectivity index (χ4n) is 2.64. The molecule has 2 nitrogen and oxygen atoms in total. The second-order valence-corrected chi connectivity index (χ2v) is 6.19. The van der Waals surface area contributed by atoms with E-state index in [-0.39, 0.29) is 6.04 Å². The minimum Gasteiger partial charge on any atom is -0.399 e. The van der Waals surface area contributed by atoms with Crippen LogP contribution in [0.3, 0.4) is 0 Å². The van der Waals surface area contributed by atoms with Crippen LogP contribution in [0.4, 0.5) is 11.4 Å². The quantitative estimate of drug-likeness (QED) is 0.732. The largest absolute Gasteiger partial charge is 0.399 e. The van der Waals surface area contributed by atoms with Crippen molar-refractivity contribution >= 4 is 46.2 Å². The molecular formula is C15H13Cl3N2. The molecule has 2 aromatic rings. The third-order valence-corrected chi connectivity index (χ3v) is 4.38. The summed E-state index contributed by atoms with van der Waals surface area (Å²) in [5, 5.41) is 5.02. The van der Waals surface area contributed by atoms with Crippen LogP contribution in [0.15, 0.2) is 30.3 Å². The van der Waals surface area contributed by atoms with Gasteiger partial charge in [0.15, 0.2) is 0 Å². The predicted octanol–water partition coefficient (Wildman–Crippen LogP) is 5.33. The van der Waals surface area contributed by atoms with Crippen LogP contribution in [0.5, 0.6) is 0 Å². The Balaban J connectivity index is 1.91. The van der Waals surface area contributed by atoms with Crippen LogP contribution in [0.2, 0.25) is 15.1 Å². The topological polar surface area (TPSA) is 38.0 Å². The average molecular weight is 328 g/mol. The molecule has 0 saturated carbocycles. The maximum absolute atomic E-state index is 6.21. The van der Waals surface area contributed by atoms with E-state index in [2.05, 4.69) is 11.4 Å². The molecule has 2 aromatic carbocycles. The molecule has 1 aliphatic carbocycles. The van der Waals surface area contributed by atoms with Crippen molar-refractivity contribution in [3.05, 3.63) is 56.5 Å². The standard InChI is InChI=1S/C15H13Cl3N2/c16-9-6-12(17)15(13(18)7-9)20-14-4-1-8-5-10(19)2-3-11(8)14/h2-3,5-7,14,20H,1,4,19H2. The van der Waals surface area contributed by atoms with Gasteiger partial charge in [-0.15, -0.1) is 0 Å². The van der Waals surface area contributed by atoms with E-state index in [0.29, 0.717) is 15.1 Å². The van der Waals surface area contributed by atoms with Gasteiger partial charge in [-0.05, 0) is 48.2 Å². The molecule has 1 aliphatic rings. The van der Waals surface area contributed by atoms with Gasteiger partial charge in [-0.2, -0.15) is 0 Å². The van der Waals surface area contributed by atoms with Crippen molar-refractivity contribution in [3.8, 4) is 0 Å². The van der Waals surface area contributed by atoms with Crippen molar-refractivity contribution < 1.29 is 0 Å². The lowest BCUT2D eigenvalue weighted by molar-refractivity contribution is 0.762. The molecule has 20 heavy (non-hydrogen) atoms. The lowest BCUT2D eigenvalue weighted by Crippen LogP contribution is -2.08. The maximum Gasteiger partial charge on any atom is 0.0724 e. The Morgan fingerprint density at radius 2 is 1.75 bits per heavy atom. The molecule has 1 unspecified atom stereocenters.